The molecule has 0 fully saturated rings. The van der Waals surface area contributed by atoms with Gasteiger partial charge >= 0.3 is 0 Å². The lowest BCUT2D eigenvalue weighted by molar-refractivity contribution is 0.793. The van der Waals surface area contributed by atoms with Crippen molar-refractivity contribution in [3.63, 3.8) is 0 Å². The summed E-state index contributed by atoms with van der Waals surface area (Å²) >= 11 is 0. The summed E-state index contributed by atoms with van der Waals surface area (Å²) in [4.78, 5) is 5.03. The molecule has 0 radical (unpaired) electrons. The van der Waals surface area contributed by atoms with Gasteiger partial charge in [0.2, 0.25) is 0 Å². The van der Waals surface area contributed by atoms with E-state index in [0.717, 1.165) is 26.2 Å². The molecule has 0 saturated heterocycles. The van der Waals surface area contributed by atoms with E-state index in [1.54, 1.807) is 0 Å². The molecule has 2 aliphatic rings. The molecule has 0 saturated carbocycles. The van der Waals surface area contributed by atoms with Crippen molar-refractivity contribution in [3.8, 4) is 0 Å². The molecule has 0 aromatic heterocycles. The van der Waals surface area contributed by atoms with E-state index in [4.69, 9.17) is 0 Å². The van der Waals surface area contributed by atoms with E-state index in [1.807, 2.05) is 0 Å². The number of benzene rings is 2. The minimum atomic E-state index is 1.03. The fraction of sp³-hybridized carbons (Fsp3) is 0.250. The molecule has 4 rings (SSSR count). The number of anilines is 2. The monoisotopic (exact) mass is 236 g/mol. The Bertz CT molecular complexity index is 538. The summed E-state index contributed by atoms with van der Waals surface area (Å²) in [6.45, 7) is 4.30. The molecule has 0 amide bonds. The largest absolute Gasteiger partial charge is 0.365 e. The number of rotatable bonds is 0. The van der Waals surface area contributed by atoms with Crippen molar-refractivity contribution in [1.29, 1.82) is 0 Å². The van der Waals surface area contributed by atoms with Gasteiger partial charge in [-0.05, 0) is 23.3 Å². The maximum Gasteiger partial charge on any atom is 0.0450 e. The molecule has 0 N–H and O–H groups in total. The highest BCUT2D eigenvalue weighted by molar-refractivity contribution is 5.64. The van der Waals surface area contributed by atoms with E-state index < -0.39 is 0 Å². The Morgan fingerprint density at radius 3 is 1.56 bits per heavy atom. The van der Waals surface area contributed by atoms with E-state index >= 15 is 0 Å². The summed E-state index contributed by atoms with van der Waals surface area (Å²) < 4.78 is 0. The highest BCUT2D eigenvalue weighted by Gasteiger charge is 2.25. The SMILES string of the molecule is c1ccc2c(c1)CN1CCN2Cc2ccccc21. The zero-order valence-electron chi connectivity index (χ0n) is 10.3. The van der Waals surface area contributed by atoms with Gasteiger partial charge in [0.05, 0.1) is 0 Å². The van der Waals surface area contributed by atoms with Gasteiger partial charge in [0.15, 0.2) is 0 Å². The normalized spacial score (nSPS) is 16.9. The molecule has 2 aromatic carbocycles. The van der Waals surface area contributed by atoms with Crippen LogP contribution in [-0.2, 0) is 13.1 Å². The minimum absolute atomic E-state index is 1.03. The number of hydrogen-bond donors (Lipinski definition) is 0. The standard InChI is InChI=1S/C16H16N2/c1-3-7-15-13(5-1)11-17-9-10-18(15)12-14-6-2-4-8-16(14)17/h1-8H,9-12H2. The van der Waals surface area contributed by atoms with Gasteiger partial charge in [-0.3, -0.25) is 0 Å². The molecule has 2 aromatic rings. The van der Waals surface area contributed by atoms with Gasteiger partial charge in [-0.2, -0.15) is 0 Å². The van der Waals surface area contributed by atoms with Crippen LogP contribution in [-0.4, -0.2) is 13.1 Å². The molecule has 2 nitrogen and oxygen atoms in total. The fourth-order valence-electron chi connectivity index (χ4n) is 3.13. The van der Waals surface area contributed by atoms with Crippen LogP contribution in [0.3, 0.4) is 0 Å². The van der Waals surface area contributed by atoms with E-state index in [1.165, 1.54) is 22.5 Å². The average Bonchev–Trinajstić information content (AvgIpc) is 2.69. The number of nitrogens with zero attached hydrogens (tertiary/aromatic N) is 2. The van der Waals surface area contributed by atoms with Crippen LogP contribution in [0.4, 0.5) is 11.4 Å². The van der Waals surface area contributed by atoms with Crippen molar-refractivity contribution >= 4 is 11.4 Å². The van der Waals surface area contributed by atoms with E-state index in [0.29, 0.717) is 0 Å². The third kappa shape index (κ3) is 1.42. The van der Waals surface area contributed by atoms with Gasteiger partial charge in [0.1, 0.15) is 0 Å². The topological polar surface area (TPSA) is 6.48 Å². The van der Waals surface area contributed by atoms with Crippen LogP contribution in [0, 0.1) is 0 Å². The van der Waals surface area contributed by atoms with E-state index in [9.17, 15) is 0 Å². The average molecular weight is 236 g/mol. The second-order valence-electron chi connectivity index (χ2n) is 5.10. The second kappa shape index (κ2) is 3.77. The molecule has 2 bridgehead atoms. The number of fused-ring (bicyclic) bond motifs is 7. The predicted octanol–water partition coefficient (Wildman–Crippen LogP) is 3.03. The van der Waals surface area contributed by atoms with Crippen LogP contribution < -0.4 is 9.80 Å². The van der Waals surface area contributed by atoms with Crippen LogP contribution in [0.2, 0.25) is 0 Å². The summed E-state index contributed by atoms with van der Waals surface area (Å²) in [5, 5.41) is 0. The Kier molecular flexibility index (Phi) is 2.10. The highest BCUT2D eigenvalue weighted by Crippen LogP contribution is 2.34. The van der Waals surface area contributed by atoms with Gasteiger partial charge in [0.25, 0.3) is 0 Å². The lowest BCUT2D eigenvalue weighted by Crippen LogP contribution is -2.26. The maximum atomic E-state index is 2.52. The Morgan fingerprint density at radius 1 is 0.611 bits per heavy atom. The van der Waals surface area contributed by atoms with E-state index in [-0.39, 0.29) is 0 Å². The van der Waals surface area contributed by atoms with Crippen molar-refractivity contribution in [3.05, 3.63) is 59.7 Å². The van der Waals surface area contributed by atoms with Crippen molar-refractivity contribution in [1.82, 2.24) is 0 Å². The summed E-state index contributed by atoms with van der Waals surface area (Å²) in [5.41, 5.74) is 5.72. The third-order valence-electron chi connectivity index (χ3n) is 4.03. The maximum absolute atomic E-state index is 2.52. The molecule has 0 atom stereocenters. The molecular formula is C16H16N2. The Labute approximate surface area is 107 Å². The van der Waals surface area contributed by atoms with Crippen LogP contribution in [0.5, 0.6) is 0 Å². The quantitative estimate of drug-likeness (QED) is 0.693. The summed E-state index contributed by atoms with van der Waals surface area (Å²) in [6, 6.07) is 17.6. The van der Waals surface area contributed by atoms with Crippen molar-refractivity contribution in [2.45, 2.75) is 13.1 Å². The molecule has 0 unspecified atom stereocenters. The Hall–Kier alpha value is -1.96. The predicted molar refractivity (Wildman–Crippen MR) is 75.0 cm³/mol. The lowest BCUT2D eigenvalue weighted by atomic mass is 10.1. The smallest absolute Gasteiger partial charge is 0.0450 e. The molecule has 0 aliphatic carbocycles. The van der Waals surface area contributed by atoms with Crippen LogP contribution >= 0.6 is 0 Å². The molecule has 0 spiro atoms. The molecule has 2 heteroatoms. The third-order valence-corrected chi connectivity index (χ3v) is 4.03. The van der Waals surface area contributed by atoms with Gasteiger partial charge in [-0.25, -0.2) is 0 Å². The highest BCUT2D eigenvalue weighted by atomic mass is 15.2. The first-order chi connectivity index (χ1) is 8.92. The van der Waals surface area contributed by atoms with Crippen LogP contribution in [0.25, 0.3) is 0 Å². The second-order valence-corrected chi connectivity index (χ2v) is 5.10. The summed E-state index contributed by atoms with van der Waals surface area (Å²) in [6.07, 6.45) is 0. The molecule has 2 heterocycles. The van der Waals surface area contributed by atoms with Gasteiger partial charge in [-0.1, -0.05) is 36.4 Å². The Morgan fingerprint density at radius 2 is 1.06 bits per heavy atom. The fourth-order valence-corrected chi connectivity index (χ4v) is 3.13. The lowest BCUT2D eigenvalue weighted by Gasteiger charge is -2.27. The first kappa shape index (κ1) is 10.0. The minimum Gasteiger partial charge on any atom is -0.365 e. The molecular weight excluding hydrogens is 220 g/mol. The number of para-hydroxylation sites is 2. The van der Waals surface area contributed by atoms with Gasteiger partial charge in [-0.15, -0.1) is 0 Å². The van der Waals surface area contributed by atoms with Crippen molar-refractivity contribution in [2.24, 2.45) is 0 Å². The number of hydrogen-bond acceptors (Lipinski definition) is 2. The summed E-state index contributed by atoms with van der Waals surface area (Å²) in [5.74, 6) is 0. The van der Waals surface area contributed by atoms with Crippen LogP contribution in [0.1, 0.15) is 11.1 Å². The zero-order chi connectivity index (χ0) is 11.9. The zero-order valence-corrected chi connectivity index (χ0v) is 10.3. The Balaban J connectivity index is 1.89. The van der Waals surface area contributed by atoms with Crippen molar-refractivity contribution < 1.29 is 0 Å². The van der Waals surface area contributed by atoms with Gasteiger partial charge in [0, 0.05) is 37.6 Å². The molecule has 18 heavy (non-hydrogen) atoms. The van der Waals surface area contributed by atoms with E-state index in [2.05, 4.69) is 58.3 Å². The van der Waals surface area contributed by atoms with Gasteiger partial charge < -0.3 is 9.80 Å². The molecule has 2 aliphatic heterocycles. The van der Waals surface area contributed by atoms with Crippen molar-refractivity contribution in [2.75, 3.05) is 22.9 Å². The summed E-state index contributed by atoms with van der Waals surface area (Å²) in [7, 11) is 0. The molecule has 90 valence electrons. The first-order valence-electron chi connectivity index (χ1n) is 6.57. The van der Waals surface area contributed by atoms with Crippen LogP contribution in [0.15, 0.2) is 48.5 Å². The first-order valence-corrected chi connectivity index (χ1v) is 6.57.